The minimum absolute atomic E-state index is 0.0544. The second kappa shape index (κ2) is 8.21. The molecule has 1 aromatic heterocycles. The molecule has 0 saturated heterocycles. The lowest BCUT2D eigenvalue weighted by molar-refractivity contribution is 0.0515. The molecule has 2 N–H and O–H groups in total. The van der Waals surface area contributed by atoms with Crippen molar-refractivity contribution in [2.75, 3.05) is 6.61 Å². The maximum Gasteiger partial charge on any atom is 0.333 e. The van der Waals surface area contributed by atoms with E-state index in [1.54, 1.807) is 0 Å². The van der Waals surface area contributed by atoms with Gasteiger partial charge in [0.2, 0.25) is 5.88 Å². The van der Waals surface area contributed by atoms with Crippen LogP contribution in [0.2, 0.25) is 0 Å². The predicted octanol–water partition coefficient (Wildman–Crippen LogP) is 4.17. The van der Waals surface area contributed by atoms with Gasteiger partial charge < -0.3 is 10.1 Å². The van der Waals surface area contributed by atoms with Gasteiger partial charge in [-0.3, -0.25) is 0 Å². The summed E-state index contributed by atoms with van der Waals surface area (Å²) in [5.41, 5.74) is 2.30. The molecule has 184 valence electrons. The number of carbonyl (C=O) groups is 1. The fourth-order valence-corrected chi connectivity index (χ4v) is 6.17. The molecule has 11 heteroatoms. The van der Waals surface area contributed by atoms with Crippen LogP contribution in [0.4, 0.5) is 13.6 Å². The summed E-state index contributed by atoms with van der Waals surface area (Å²) in [6.45, 7) is 3.94. The topological polar surface area (TPSA) is 102 Å². The van der Waals surface area contributed by atoms with Gasteiger partial charge in [-0.15, -0.1) is 0 Å². The molecule has 8 nitrogen and oxygen atoms in total. The highest BCUT2D eigenvalue weighted by molar-refractivity contribution is 7.90. The molecule has 0 radical (unpaired) electrons. The monoisotopic (exact) mass is 494 g/mol. The van der Waals surface area contributed by atoms with E-state index in [4.69, 9.17) is 4.74 Å². The number of hydrogen-bond acceptors (Lipinski definition) is 5. The summed E-state index contributed by atoms with van der Waals surface area (Å²) in [5.74, 6) is -2.95. The number of alkyl halides is 2. The highest BCUT2D eigenvalue weighted by atomic mass is 32.2. The van der Waals surface area contributed by atoms with Crippen molar-refractivity contribution in [2.45, 2.75) is 75.2 Å². The number of carbonyl (C=O) groups excluding carboxylic acids is 1. The van der Waals surface area contributed by atoms with Crippen molar-refractivity contribution in [1.82, 2.24) is 19.8 Å². The average molecular weight is 495 g/mol. The minimum atomic E-state index is -4.36. The van der Waals surface area contributed by atoms with E-state index in [0.717, 1.165) is 60.5 Å². The third-order valence-corrected chi connectivity index (χ3v) is 8.55. The van der Waals surface area contributed by atoms with E-state index < -0.39 is 27.4 Å². The van der Waals surface area contributed by atoms with Crippen LogP contribution in [-0.4, -0.2) is 36.8 Å². The molecule has 34 heavy (non-hydrogen) atoms. The molecule has 3 aliphatic carbocycles. The molecule has 2 heterocycles. The lowest BCUT2D eigenvalue weighted by Gasteiger charge is -2.17. The Morgan fingerprint density at radius 2 is 2.00 bits per heavy atom. The third kappa shape index (κ3) is 4.03. The Kier molecular flexibility index (Phi) is 5.57. The van der Waals surface area contributed by atoms with Crippen LogP contribution in [0.5, 0.6) is 5.88 Å². The van der Waals surface area contributed by atoms with Crippen LogP contribution in [0.25, 0.3) is 0 Å². The van der Waals surface area contributed by atoms with E-state index in [0.29, 0.717) is 12.1 Å². The third-order valence-electron chi connectivity index (χ3n) is 7.24. The normalized spacial score (nSPS) is 27.8. The summed E-state index contributed by atoms with van der Waals surface area (Å²) in [6.07, 6.45) is 9.40. The van der Waals surface area contributed by atoms with Crippen LogP contribution in [0.1, 0.15) is 57.8 Å². The summed E-state index contributed by atoms with van der Waals surface area (Å²) in [5, 5.41) is 6.70. The van der Waals surface area contributed by atoms with Crippen molar-refractivity contribution in [3.63, 3.8) is 0 Å². The van der Waals surface area contributed by atoms with E-state index >= 15 is 0 Å². The SMILES string of the molecule is C=C1CCCC/C=C2/CCCC2=C1NC(=O)NS(=O)(=O)c1cnn2c1OCCC1(C2)CC1(F)F. The molecule has 2 fully saturated rings. The summed E-state index contributed by atoms with van der Waals surface area (Å²) in [7, 11) is -4.36. The van der Waals surface area contributed by atoms with E-state index in [1.165, 1.54) is 5.57 Å². The summed E-state index contributed by atoms with van der Waals surface area (Å²) < 4.78 is 62.5. The van der Waals surface area contributed by atoms with Crippen LogP contribution in [-0.2, 0) is 16.6 Å². The standard InChI is InChI=1S/C23H28F2N4O4S/c1-15-6-3-2-4-7-16-8-5-9-17(16)19(15)27-21(30)28-34(31,32)18-12-26-29-14-22(13-23(22,24)25)10-11-33-20(18)29/h7,12H,1-6,8-11,13-14H2,(H2,27,28,30)/b16-7-,19-17?. The zero-order chi connectivity index (χ0) is 24.1. The lowest BCUT2D eigenvalue weighted by Crippen LogP contribution is -2.39. The van der Waals surface area contributed by atoms with E-state index in [2.05, 4.69) is 23.1 Å². The zero-order valence-electron chi connectivity index (χ0n) is 18.8. The number of urea groups is 1. The smallest absolute Gasteiger partial charge is 0.333 e. The van der Waals surface area contributed by atoms with Crippen LogP contribution in [0, 0.1) is 5.41 Å². The van der Waals surface area contributed by atoms with Crippen molar-refractivity contribution in [2.24, 2.45) is 5.41 Å². The quantitative estimate of drug-likeness (QED) is 0.657. The Balaban J connectivity index is 1.36. The zero-order valence-corrected chi connectivity index (χ0v) is 19.6. The van der Waals surface area contributed by atoms with Gasteiger partial charge in [0, 0.05) is 12.1 Å². The number of halogens is 2. The molecule has 1 spiro atoms. The number of fused-ring (bicyclic) bond motifs is 2. The van der Waals surface area contributed by atoms with Gasteiger partial charge in [0.1, 0.15) is 0 Å². The molecule has 5 rings (SSSR count). The molecule has 1 atom stereocenters. The summed E-state index contributed by atoms with van der Waals surface area (Å²) >= 11 is 0. The number of ether oxygens (including phenoxy) is 1. The number of nitrogens with zero attached hydrogens (tertiary/aromatic N) is 2. The largest absolute Gasteiger partial charge is 0.477 e. The number of allylic oxidation sites excluding steroid dienone is 4. The van der Waals surface area contributed by atoms with Crippen LogP contribution in [0.15, 0.2) is 46.2 Å². The maximum atomic E-state index is 13.9. The Morgan fingerprint density at radius 1 is 1.21 bits per heavy atom. The molecular formula is C23H28F2N4O4S. The second-order valence-electron chi connectivity index (χ2n) is 9.58. The van der Waals surface area contributed by atoms with E-state index in [9.17, 15) is 22.0 Å². The van der Waals surface area contributed by atoms with E-state index in [-0.39, 0.29) is 36.8 Å². The maximum absolute atomic E-state index is 13.9. The molecule has 0 bridgehead atoms. The van der Waals surface area contributed by atoms with Gasteiger partial charge >= 0.3 is 6.03 Å². The van der Waals surface area contributed by atoms with Crippen LogP contribution in [0.3, 0.4) is 0 Å². The number of amides is 2. The van der Waals surface area contributed by atoms with Gasteiger partial charge in [0.05, 0.1) is 24.8 Å². The lowest BCUT2D eigenvalue weighted by atomic mass is 10.0. The molecule has 2 saturated carbocycles. The highest BCUT2D eigenvalue weighted by Gasteiger charge is 2.71. The Bertz CT molecular complexity index is 1220. The molecule has 1 aromatic rings. The van der Waals surface area contributed by atoms with Crippen molar-refractivity contribution in [3.8, 4) is 5.88 Å². The number of aromatic nitrogens is 2. The number of hydrogen-bond donors (Lipinski definition) is 2. The number of nitrogens with one attached hydrogen (secondary N) is 2. The molecule has 2 amide bonds. The average Bonchev–Trinajstić information content (AvgIpc) is 3.08. The first kappa shape index (κ1) is 23.1. The Morgan fingerprint density at radius 3 is 2.76 bits per heavy atom. The molecule has 0 aromatic carbocycles. The Labute approximate surface area is 197 Å². The fourth-order valence-electron chi connectivity index (χ4n) is 5.19. The van der Waals surface area contributed by atoms with Gasteiger partial charge in [-0.2, -0.15) is 5.10 Å². The fraction of sp³-hybridized carbons (Fsp3) is 0.565. The number of rotatable bonds is 3. The number of sulfonamides is 1. The van der Waals surface area contributed by atoms with Gasteiger partial charge in [-0.05, 0) is 68.1 Å². The molecule has 1 aliphatic heterocycles. The van der Waals surface area contributed by atoms with E-state index in [1.807, 2.05) is 4.72 Å². The van der Waals surface area contributed by atoms with Crippen LogP contribution < -0.4 is 14.8 Å². The first-order valence-electron chi connectivity index (χ1n) is 11.6. The predicted molar refractivity (Wildman–Crippen MR) is 120 cm³/mol. The summed E-state index contributed by atoms with van der Waals surface area (Å²) in [6, 6.07) is -0.909. The first-order chi connectivity index (χ1) is 16.1. The Hall–Kier alpha value is -2.69. The molecule has 1 unspecified atom stereocenters. The second-order valence-corrected chi connectivity index (χ2v) is 11.2. The van der Waals surface area contributed by atoms with Gasteiger partial charge in [-0.1, -0.05) is 12.7 Å². The molecular weight excluding hydrogens is 466 g/mol. The van der Waals surface area contributed by atoms with Crippen molar-refractivity contribution < 1.29 is 26.7 Å². The van der Waals surface area contributed by atoms with Gasteiger partial charge in [-0.25, -0.2) is 31.4 Å². The van der Waals surface area contributed by atoms with Crippen molar-refractivity contribution >= 4 is 16.1 Å². The van der Waals surface area contributed by atoms with Crippen LogP contribution >= 0.6 is 0 Å². The first-order valence-corrected chi connectivity index (χ1v) is 13.1. The minimum Gasteiger partial charge on any atom is -0.477 e. The van der Waals surface area contributed by atoms with Gasteiger partial charge in [0.15, 0.2) is 4.90 Å². The summed E-state index contributed by atoms with van der Waals surface area (Å²) in [4.78, 5) is 12.5. The highest BCUT2D eigenvalue weighted by Crippen LogP contribution is 2.64. The van der Waals surface area contributed by atoms with Gasteiger partial charge in [0.25, 0.3) is 15.9 Å². The van der Waals surface area contributed by atoms with Crippen molar-refractivity contribution in [1.29, 1.82) is 0 Å². The van der Waals surface area contributed by atoms with Crippen molar-refractivity contribution in [3.05, 3.63) is 41.3 Å². The molecule has 4 aliphatic rings.